The Morgan fingerprint density at radius 2 is 2.05 bits per heavy atom. The molecule has 0 amide bonds. The number of aromatic nitrogens is 2. The Balaban J connectivity index is 1.75. The van der Waals surface area contributed by atoms with Gasteiger partial charge in [0.2, 0.25) is 0 Å². The van der Waals surface area contributed by atoms with Crippen LogP contribution in [-0.4, -0.2) is 35.7 Å². The van der Waals surface area contributed by atoms with Gasteiger partial charge in [0, 0.05) is 24.2 Å². The maximum absolute atomic E-state index is 11.4. The molecule has 6 heteroatoms. The van der Waals surface area contributed by atoms with Gasteiger partial charge in [-0.2, -0.15) is 5.10 Å². The topological polar surface area (TPSA) is 64.0 Å². The molecule has 2 heterocycles. The standard InChI is InChI=1S/C13H17N3O2S/c1-16-13-3-2-12(8-10(13)9-14-16)15-11-4-6-19(17,18)7-5-11/h2-3,8-9,11,15H,4-7H2,1H3. The predicted molar refractivity (Wildman–Crippen MR) is 76.0 cm³/mol. The average molecular weight is 279 g/mol. The van der Waals surface area contributed by atoms with Crippen molar-refractivity contribution in [3.8, 4) is 0 Å². The lowest BCUT2D eigenvalue weighted by molar-refractivity contribution is 0.559. The fourth-order valence-electron chi connectivity index (χ4n) is 2.52. The van der Waals surface area contributed by atoms with Crippen LogP contribution >= 0.6 is 0 Å². The molecule has 1 aliphatic heterocycles. The zero-order valence-electron chi connectivity index (χ0n) is 10.8. The second kappa shape index (κ2) is 4.52. The van der Waals surface area contributed by atoms with Crippen LogP contribution in [0.4, 0.5) is 5.69 Å². The molecule has 102 valence electrons. The fraction of sp³-hybridized carbons (Fsp3) is 0.462. The SMILES string of the molecule is Cn1ncc2cc(NC3CCS(=O)(=O)CC3)ccc21. The first-order chi connectivity index (χ1) is 9.03. The number of rotatable bonds is 2. The number of nitrogens with one attached hydrogen (secondary N) is 1. The lowest BCUT2D eigenvalue weighted by Gasteiger charge is -2.24. The van der Waals surface area contributed by atoms with Gasteiger partial charge in [-0.15, -0.1) is 0 Å². The lowest BCUT2D eigenvalue weighted by atomic mass is 10.1. The van der Waals surface area contributed by atoms with E-state index in [4.69, 9.17) is 0 Å². The molecule has 0 bridgehead atoms. The van der Waals surface area contributed by atoms with Crippen LogP contribution in [0.2, 0.25) is 0 Å². The Hall–Kier alpha value is -1.56. The summed E-state index contributed by atoms with van der Waals surface area (Å²) in [5.41, 5.74) is 2.13. The van der Waals surface area contributed by atoms with Crippen LogP contribution in [0.1, 0.15) is 12.8 Å². The van der Waals surface area contributed by atoms with E-state index >= 15 is 0 Å². The van der Waals surface area contributed by atoms with Crippen LogP contribution in [0.5, 0.6) is 0 Å². The summed E-state index contributed by atoms with van der Waals surface area (Å²) < 4.78 is 24.6. The molecule has 5 nitrogen and oxygen atoms in total. The molecule has 0 saturated carbocycles. The van der Waals surface area contributed by atoms with E-state index in [2.05, 4.69) is 16.5 Å². The second-order valence-electron chi connectivity index (χ2n) is 5.11. The van der Waals surface area contributed by atoms with Crippen LogP contribution in [0.15, 0.2) is 24.4 Å². The summed E-state index contributed by atoms with van der Waals surface area (Å²) in [5.74, 6) is 0.583. The molecule has 0 unspecified atom stereocenters. The number of anilines is 1. The van der Waals surface area contributed by atoms with Gasteiger partial charge in [-0.25, -0.2) is 8.42 Å². The van der Waals surface area contributed by atoms with Gasteiger partial charge < -0.3 is 5.32 Å². The van der Waals surface area contributed by atoms with Crippen molar-refractivity contribution in [1.29, 1.82) is 0 Å². The highest BCUT2D eigenvalue weighted by molar-refractivity contribution is 7.91. The summed E-state index contributed by atoms with van der Waals surface area (Å²) in [6.07, 6.45) is 3.21. The quantitative estimate of drug-likeness (QED) is 0.906. The summed E-state index contributed by atoms with van der Waals surface area (Å²) in [4.78, 5) is 0. The van der Waals surface area contributed by atoms with E-state index in [0.29, 0.717) is 24.3 Å². The van der Waals surface area contributed by atoms with Crippen molar-refractivity contribution < 1.29 is 8.42 Å². The van der Waals surface area contributed by atoms with E-state index in [1.165, 1.54) is 0 Å². The third-order valence-corrected chi connectivity index (χ3v) is 5.39. The van der Waals surface area contributed by atoms with Gasteiger partial charge in [-0.1, -0.05) is 0 Å². The summed E-state index contributed by atoms with van der Waals surface area (Å²) in [6, 6.07) is 6.36. The number of aryl methyl sites for hydroxylation is 1. The van der Waals surface area contributed by atoms with Crippen molar-refractivity contribution in [2.45, 2.75) is 18.9 Å². The molecule has 19 heavy (non-hydrogen) atoms. The van der Waals surface area contributed by atoms with Crippen molar-refractivity contribution in [2.24, 2.45) is 7.05 Å². The van der Waals surface area contributed by atoms with Gasteiger partial charge in [0.05, 0.1) is 23.2 Å². The molecule has 0 aliphatic carbocycles. The van der Waals surface area contributed by atoms with Crippen LogP contribution in [0.3, 0.4) is 0 Å². The highest BCUT2D eigenvalue weighted by Gasteiger charge is 2.23. The first kappa shape index (κ1) is 12.5. The van der Waals surface area contributed by atoms with Crippen molar-refractivity contribution in [3.63, 3.8) is 0 Å². The van der Waals surface area contributed by atoms with Crippen LogP contribution in [0.25, 0.3) is 10.9 Å². The van der Waals surface area contributed by atoms with Gasteiger partial charge in [-0.3, -0.25) is 4.68 Å². The molecule has 1 N–H and O–H groups in total. The average Bonchev–Trinajstić information content (AvgIpc) is 2.74. The lowest BCUT2D eigenvalue weighted by Crippen LogP contribution is -2.32. The summed E-state index contributed by atoms with van der Waals surface area (Å²) in [6.45, 7) is 0. The Kier molecular flexibility index (Phi) is 2.97. The number of benzene rings is 1. The minimum Gasteiger partial charge on any atom is -0.382 e. The molecule has 1 aromatic heterocycles. The first-order valence-corrected chi connectivity index (χ1v) is 8.24. The zero-order valence-corrected chi connectivity index (χ0v) is 11.7. The predicted octanol–water partition coefficient (Wildman–Crippen LogP) is 1.56. The number of hydrogen-bond acceptors (Lipinski definition) is 4. The number of hydrogen-bond donors (Lipinski definition) is 1. The van der Waals surface area contributed by atoms with E-state index < -0.39 is 9.84 Å². The molecule has 1 aliphatic rings. The highest BCUT2D eigenvalue weighted by Crippen LogP contribution is 2.22. The molecule has 1 fully saturated rings. The maximum atomic E-state index is 11.4. The monoisotopic (exact) mass is 279 g/mol. The van der Waals surface area contributed by atoms with E-state index in [1.807, 2.05) is 30.1 Å². The summed E-state index contributed by atoms with van der Waals surface area (Å²) in [5, 5.41) is 8.72. The Bertz CT molecular complexity index is 692. The van der Waals surface area contributed by atoms with Gasteiger partial charge in [-0.05, 0) is 31.0 Å². The van der Waals surface area contributed by atoms with Gasteiger partial charge in [0.15, 0.2) is 0 Å². The molecule has 2 aromatic rings. The Labute approximate surface area is 112 Å². The molecule has 0 atom stereocenters. The van der Waals surface area contributed by atoms with E-state index in [0.717, 1.165) is 16.6 Å². The Morgan fingerprint density at radius 3 is 2.79 bits per heavy atom. The van der Waals surface area contributed by atoms with Crippen molar-refractivity contribution >= 4 is 26.4 Å². The van der Waals surface area contributed by atoms with Crippen molar-refractivity contribution in [3.05, 3.63) is 24.4 Å². The number of sulfone groups is 1. The van der Waals surface area contributed by atoms with Crippen molar-refractivity contribution in [2.75, 3.05) is 16.8 Å². The Morgan fingerprint density at radius 1 is 1.32 bits per heavy atom. The summed E-state index contributed by atoms with van der Waals surface area (Å²) in [7, 11) is -0.875. The molecular weight excluding hydrogens is 262 g/mol. The molecule has 0 radical (unpaired) electrons. The molecular formula is C13H17N3O2S. The smallest absolute Gasteiger partial charge is 0.150 e. The molecule has 0 spiro atoms. The van der Waals surface area contributed by atoms with E-state index in [1.54, 1.807) is 0 Å². The molecule has 1 aromatic carbocycles. The van der Waals surface area contributed by atoms with Crippen molar-refractivity contribution in [1.82, 2.24) is 9.78 Å². The minimum absolute atomic E-state index is 0.248. The van der Waals surface area contributed by atoms with Gasteiger partial charge >= 0.3 is 0 Å². The maximum Gasteiger partial charge on any atom is 0.150 e. The number of nitrogens with zero attached hydrogens (tertiary/aromatic N) is 2. The van der Waals surface area contributed by atoms with E-state index in [-0.39, 0.29) is 6.04 Å². The number of fused-ring (bicyclic) bond motifs is 1. The zero-order chi connectivity index (χ0) is 13.5. The molecule has 1 saturated heterocycles. The third-order valence-electron chi connectivity index (χ3n) is 3.67. The van der Waals surface area contributed by atoms with E-state index in [9.17, 15) is 8.42 Å². The highest BCUT2D eigenvalue weighted by atomic mass is 32.2. The molecule has 3 rings (SSSR count). The normalized spacial score (nSPS) is 19.6. The fourth-order valence-corrected chi connectivity index (χ4v) is 4.01. The third kappa shape index (κ3) is 2.58. The first-order valence-electron chi connectivity index (χ1n) is 6.42. The van der Waals surface area contributed by atoms with Crippen LogP contribution < -0.4 is 5.32 Å². The van der Waals surface area contributed by atoms with Crippen LogP contribution in [0, 0.1) is 0 Å². The van der Waals surface area contributed by atoms with Gasteiger partial charge in [0.1, 0.15) is 9.84 Å². The largest absolute Gasteiger partial charge is 0.382 e. The van der Waals surface area contributed by atoms with Gasteiger partial charge in [0.25, 0.3) is 0 Å². The second-order valence-corrected chi connectivity index (χ2v) is 7.42. The van der Waals surface area contributed by atoms with Crippen LogP contribution in [-0.2, 0) is 16.9 Å². The summed E-state index contributed by atoms with van der Waals surface area (Å²) >= 11 is 0. The minimum atomic E-state index is -2.79.